The van der Waals surface area contributed by atoms with Gasteiger partial charge in [-0.05, 0) is 38.5 Å². The van der Waals surface area contributed by atoms with Gasteiger partial charge < -0.3 is 14.8 Å². The maximum absolute atomic E-state index is 13.1. The van der Waals surface area contributed by atoms with Gasteiger partial charge in [-0.15, -0.1) is 0 Å². The summed E-state index contributed by atoms with van der Waals surface area (Å²) in [5.41, 5.74) is -0.320. The lowest BCUT2D eigenvalue weighted by Gasteiger charge is -2.35. The third-order valence-electron chi connectivity index (χ3n) is 4.83. The molecule has 1 unspecified atom stereocenters. The summed E-state index contributed by atoms with van der Waals surface area (Å²) < 4.78 is 1.80. The first-order chi connectivity index (χ1) is 12.4. The predicted octanol–water partition coefficient (Wildman–Crippen LogP) is 2.66. The van der Waals surface area contributed by atoms with Crippen molar-refractivity contribution in [1.82, 2.24) is 14.8 Å². The van der Waals surface area contributed by atoms with E-state index in [0.29, 0.717) is 25.6 Å². The molecule has 0 bridgehead atoms. The predicted molar refractivity (Wildman–Crippen MR) is 103 cm³/mol. The molecule has 0 aromatic carbocycles. The smallest absolute Gasteiger partial charge is 0.259 e. The Balaban J connectivity index is 2.48. The highest BCUT2D eigenvalue weighted by Crippen LogP contribution is 2.21. The number of hydrogen-bond donors (Lipinski definition) is 1. The number of aromatic nitrogens is 1. The number of hydrogen-bond acceptors (Lipinski definition) is 3. The highest BCUT2D eigenvalue weighted by molar-refractivity contribution is 5.99. The zero-order valence-corrected chi connectivity index (χ0v) is 16.4. The van der Waals surface area contributed by atoms with E-state index in [0.717, 1.165) is 25.7 Å². The number of rotatable bonds is 6. The van der Waals surface area contributed by atoms with E-state index in [4.69, 9.17) is 0 Å². The van der Waals surface area contributed by atoms with E-state index >= 15 is 0 Å². The van der Waals surface area contributed by atoms with Crippen LogP contribution < -0.4 is 10.7 Å². The zero-order valence-electron chi connectivity index (χ0n) is 16.4. The Labute approximate surface area is 155 Å². The maximum atomic E-state index is 13.1. The Hall–Kier alpha value is -2.11. The van der Waals surface area contributed by atoms with Crippen molar-refractivity contribution in [2.45, 2.75) is 66.0 Å². The molecule has 1 atom stereocenters. The van der Waals surface area contributed by atoms with Gasteiger partial charge >= 0.3 is 0 Å². The molecule has 144 valence electrons. The molecule has 0 aliphatic carbocycles. The molecule has 1 fully saturated rings. The molecule has 0 saturated carbocycles. The van der Waals surface area contributed by atoms with Crippen molar-refractivity contribution >= 4 is 11.8 Å². The molecule has 6 heteroatoms. The molecule has 0 radical (unpaired) electrons. The summed E-state index contributed by atoms with van der Waals surface area (Å²) in [6, 6.07) is 0.169. The van der Waals surface area contributed by atoms with Crippen LogP contribution in [0.5, 0.6) is 0 Å². The number of carbonyl (C=O) groups excluding carboxylic acids is 2. The molecule has 0 spiro atoms. The van der Waals surface area contributed by atoms with Crippen LogP contribution >= 0.6 is 0 Å². The maximum Gasteiger partial charge on any atom is 0.259 e. The number of piperidine rings is 1. The summed E-state index contributed by atoms with van der Waals surface area (Å²) >= 11 is 0. The SMILES string of the molecule is CCNC(=O)c1cn(CC(C)C)cc(C(=O)N2CCCCC2CC)c1=O. The van der Waals surface area contributed by atoms with Crippen molar-refractivity contribution < 1.29 is 9.59 Å². The summed E-state index contributed by atoms with van der Waals surface area (Å²) in [6.45, 7) is 9.74. The molecule has 2 heterocycles. The van der Waals surface area contributed by atoms with Crippen LogP contribution in [-0.4, -0.2) is 40.4 Å². The zero-order chi connectivity index (χ0) is 19.3. The van der Waals surface area contributed by atoms with Gasteiger partial charge in [-0.1, -0.05) is 20.8 Å². The van der Waals surface area contributed by atoms with Gasteiger partial charge in [-0.2, -0.15) is 0 Å². The van der Waals surface area contributed by atoms with Crippen molar-refractivity contribution in [3.63, 3.8) is 0 Å². The first kappa shape index (κ1) is 20.2. The highest BCUT2D eigenvalue weighted by atomic mass is 16.2. The largest absolute Gasteiger partial charge is 0.352 e. The van der Waals surface area contributed by atoms with Crippen LogP contribution in [0.4, 0.5) is 0 Å². The second-order valence-corrected chi connectivity index (χ2v) is 7.42. The Morgan fingerprint density at radius 1 is 1.19 bits per heavy atom. The first-order valence-corrected chi connectivity index (χ1v) is 9.72. The summed E-state index contributed by atoms with van der Waals surface area (Å²) in [6.07, 6.45) is 7.10. The average Bonchev–Trinajstić information content (AvgIpc) is 2.62. The Morgan fingerprint density at radius 3 is 2.50 bits per heavy atom. The molecule has 1 aromatic rings. The molecule has 2 rings (SSSR count). The van der Waals surface area contributed by atoms with Crippen molar-refractivity contribution in [3.8, 4) is 0 Å². The topological polar surface area (TPSA) is 71.4 Å². The monoisotopic (exact) mass is 361 g/mol. The normalized spacial score (nSPS) is 17.4. The number of nitrogens with zero attached hydrogens (tertiary/aromatic N) is 2. The van der Waals surface area contributed by atoms with Crippen molar-refractivity contribution in [1.29, 1.82) is 0 Å². The molecule has 6 nitrogen and oxygen atoms in total. The van der Waals surface area contributed by atoms with E-state index in [-0.39, 0.29) is 23.1 Å². The van der Waals surface area contributed by atoms with Crippen LogP contribution in [-0.2, 0) is 6.54 Å². The lowest BCUT2D eigenvalue weighted by molar-refractivity contribution is 0.0605. The fraction of sp³-hybridized carbons (Fsp3) is 0.650. The van der Waals surface area contributed by atoms with Gasteiger partial charge in [0.25, 0.3) is 11.8 Å². The molecule has 2 amide bonds. The number of carbonyl (C=O) groups is 2. The van der Waals surface area contributed by atoms with Gasteiger partial charge in [-0.3, -0.25) is 14.4 Å². The van der Waals surface area contributed by atoms with Gasteiger partial charge in [0.1, 0.15) is 11.1 Å². The van der Waals surface area contributed by atoms with Crippen molar-refractivity contribution in [2.75, 3.05) is 13.1 Å². The summed E-state index contributed by atoms with van der Waals surface area (Å²) in [4.78, 5) is 40.2. The molecule has 1 saturated heterocycles. The van der Waals surface area contributed by atoms with Crippen LogP contribution in [0, 0.1) is 5.92 Å². The van der Waals surface area contributed by atoms with E-state index in [1.807, 2.05) is 4.90 Å². The third-order valence-corrected chi connectivity index (χ3v) is 4.83. The first-order valence-electron chi connectivity index (χ1n) is 9.72. The standard InChI is InChI=1S/C20H31N3O3/c1-5-15-9-7-8-10-23(15)20(26)17-13-22(11-14(3)4)12-16(18(17)24)19(25)21-6-2/h12-15H,5-11H2,1-4H3,(H,21,25). The van der Waals surface area contributed by atoms with Crippen LogP contribution in [0.15, 0.2) is 17.2 Å². The summed E-state index contributed by atoms with van der Waals surface area (Å²) in [7, 11) is 0. The summed E-state index contributed by atoms with van der Waals surface area (Å²) in [5, 5.41) is 2.67. The van der Waals surface area contributed by atoms with Crippen LogP contribution in [0.3, 0.4) is 0 Å². The van der Waals surface area contributed by atoms with Crippen LogP contribution in [0.25, 0.3) is 0 Å². The molecule has 1 N–H and O–H groups in total. The van der Waals surface area contributed by atoms with Gasteiger partial charge in [0.15, 0.2) is 0 Å². The lowest BCUT2D eigenvalue weighted by Crippen LogP contribution is -2.45. The minimum Gasteiger partial charge on any atom is -0.352 e. The van der Waals surface area contributed by atoms with E-state index in [1.165, 1.54) is 0 Å². The van der Waals surface area contributed by atoms with E-state index in [2.05, 4.69) is 26.1 Å². The van der Waals surface area contributed by atoms with Gasteiger partial charge in [0.2, 0.25) is 5.43 Å². The van der Waals surface area contributed by atoms with Crippen LogP contribution in [0.2, 0.25) is 0 Å². The van der Waals surface area contributed by atoms with E-state index in [1.54, 1.807) is 23.9 Å². The van der Waals surface area contributed by atoms with E-state index < -0.39 is 11.3 Å². The van der Waals surface area contributed by atoms with E-state index in [9.17, 15) is 14.4 Å². The quantitative estimate of drug-likeness (QED) is 0.847. The van der Waals surface area contributed by atoms with Crippen molar-refractivity contribution in [3.05, 3.63) is 33.7 Å². The Morgan fingerprint density at radius 2 is 1.88 bits per heavy atom. The molecule has 1 aromatic heterocycles. The number of pyridine rings is 1. The third kappa shape index (κ3) is 4.54. The number of likely N-dealkylation sites (tertiary alicyclic amines) is 1. The number of amides is 2. The lowest BCUT2D eigenvalue weighted by atomic mass is 9.98. The van der Waals surface area contributed by atoms with Crippen LogP contribution in [0.1, 0.15) is 74.1 Å². The number of nitrogens with one attached hydrogen (secondary N) is 1. The Bertz CT molecular complexity index is 709. The van der Waals surface area contributed by atoms with Crippen molar-refractivity contribution in [2.24, 2.45) is 5.92 Å². The van der Waals surface area contributed by atoms with Gasteiger partial charge in [-0.25, -0.2) is 0 Å². The fourth-order valence-corrected chi connectivity index (χ4v) is 3.58. The average molecular weight is 361 g/mol. The molecular weight excluding hydrogens is 330 g/mol. The van der Waals surface area contributed by atoms with Gasteiger partial charge in [0, 0.05) is 38.1 Å². The second-order valence-electron chi connectivity index (χ2n) is 7.42. The minimum absolute atomic E-state index is 0.0448. The second kappa shape index (κ2) is 9.01. The molecular formula is C20H31N3O3. The van der Waals surface area contributed by atoms with Gasteiger partial charge in [0.05, 0.1) is 0 Å². The molecule has 1 aliphatic heterocycles. The summed E-state index contributed by atoms with van der Waals surface area (Å²) in [5.74, 6) is -0.332. The highest BCUT2D eigenvalue weighted by Gasteiger charge is 2.29. The minimum atomic E-state index is -0.471. The fourth-order valence-electron chi connectivity index (χ4n) is 3.58. The molecule has 26 heavy (non-hydrogen) atoms. The Kier molecular flexibility index (Phi) is 7.00. The molecule has 1 aliphatic rings.